The molecule has 2 nitrogen and oxygen atoms in total. The van der Waals surface area contributed by atoms with Gasteiger partial charge in [-0.1, -0.05) is 26.7 Å². The van der Waals surface area contributed by atoms with Gasteiger partial charge in [0.2, 0.25) is 0 Å². The predicted molar refractivity (Wildman–Crippen MR) is 70.7 cm³/mol. The van der Waals surface area contributed by atoms with Crippen LogP contribution < -0.4 is 5.32 Å². The van der Waals surface area contributed by atoms with Crippen LogP contribution in [0.1, 0.15) is 40.0 Å². The van der Waals surface area contributed by atoms with E-state index in [0.29, 0.717) is 23.5 Å². The first kappa shape index (κ1) is 12.9. The zero-order valence-electron chi connectivity index (χ0n) is 11.4. The summed E-state index contributed by atoms with van der Waals surface area (Å²) in [4.78, 5) is 0. The molecule has 2 saturated carbocycles. The van der Waals surface area contributed by atoms with Crippen LogP contribution in [0.3, 0.4) is 0 Å². The quantitative estimate of drug-likeness (QED) is 0.584. The maximum atomic E-state index is 6.09. The first-order valence-electron chi connectivity index (χ1n) is 6.78. The highest BCUT2D eigenvalue weighted by Gasteiger charge is 2.61. The second-order valence-corrected chi connectivity index (χ2v) is 6.35. The molecule has 0 saturated heterocycles. The van der Waals surface area contributed by atoms with Gasteiger partial charge >= 0.3 is 0 Å². The highest BCUT2D eigenvalue weighted by molar-refractivity contribution is 5.11. The first-order valence-corrected chi connectivity index (χ1v) is 6.78. The van der Waals surface area contributed by atoms with E-state index < -0.39 is 0 Å². The van der Waals surface area contributed by atoms with Crippen molar-refractivity contribution in [2.45, 2.75) is 46.1 Å². The monoisotopic (exact) mass is 235 g/mol. The molecule has 3 atom stereocenters. The van der Waals surface area contributed by atoms with Crippen LogP contribution in [0.2, 0.25) is 0 Å². The Morgan fingerprint density at radius 2 is 2.18 bits per heavy atom. The van der Waals surface area contributed by atoms with E-state index in [1.165, 1.54) is 19.3 Å². The van der Waals surface area contributed by atoms with Crippen molar-refractivity contribution >= 4 is 0 Å². The third kappa shape index (κ3) is 2.00. The van der Waals surface area contributed by atoms with E-state index in [0.717, 1.165) is 19.1 Å². The van der Waals surface area contributed by atoms with Crippen LogP contribution >= 0.6 is 0 Å². The van der Waals surface area contributed by atoms with Crippen LogP contribution in [0.4, 0.5) is 0 Å². The molecule has 0 radical (unpaired) electrons. The largest absolute Gasteiger partial charge is 0.376 e. The topological polar surface area (TPSA) is 21.3 Å². The molecule has 3 unspecified atom stereocenters. The number of ether oxygens (including phenoxy) is 1. The van der Waals surface area contributed by atoms with Gasteiger partial charge in [-0.2, -0.15) is 0 Å². The van der Waals surface area contributed by atoms with Crippen LogP contribution in [0.15, 0.2) is 0 Å². The van der Waals surface area contributed by atoms with Gasteiger partial charge in [0, 0.05) is 6.54 Å². The summed E-state index contributed by atoms with van der Waals surface area (Å²) in [5.41, 5.74) is 0.827. The second-order valence-electron chi connectivity index (χ2n) is 6.35. The summed E-state index contributed by atoms with van der Waals surface area (Å²) < 4.78 is 6.09. The molecule has 0 aromatic carbocycles. The number of fused-ring (bicyclic) bond motifs is 2. The van der Waals surface area contributed by atoms with Gasteiger partial charge < -0.3 is 10.1 Å². The number of rotatable bonds is 5. The van der Waals surface area contributed by atoms with Gasteiger partial charge in [0.15, 0.2) is 0 Å². The molecular weight excluding hydrogens is 210 g/mol. The Kier molecular flexibility index (Phi) is 3.52. The smallest absolute Gasteiger partial charge is 0.0637 e. The van der Waals surface area contributed by atoms with Gasteiger partial charge in [-0.05, 0) is 36.0 Å². The summed E-state index contributed by atoms with van der Waals surface area (Å²) in [5, 5.41) is 3.18. The molecule has 0 aromatic rings. The standard InChI is InChI=1S/C15H25NO/c1-5-8-16-9-10-17-13-11-12-6-7-15(13,4)14(12,2)3/h1,12-13,16H,6-11H2,2-4H3. The van der Waals surface area contributed by atoms with Crippen molar-refractivity contribution < 1.29 is 4.74 Å². The molecular formula is C15H25NO. The van der Waals surface area contributed by atoms with Gasteiger partial charge in [0.1, 0.15) is 0 Å². The molecule has 1 N–H and O–H groups in total. The van der Waals surface area contributed by atoms with Crippen LogP contribution in [0, 0.1) is 29.1 Å². The van der Waals surface area contributed by atoms with Crippen LogP contribution in [-0.2, 0) is 4.74 Å². The minimum Gasteiger partial charge on any atom is -0.376 e. The van der Waals surface area contributed by atoms with Crippen molar-refractivity contribution in [1.29, 1.82) is 0 Å². The normalized spacial score (nSPS) is 38.2. The lowest BCUT2D eigenvalue weighted by Crippen LogP contribution is -2.38. The Labute approximate surface area is 105 Å². The summed E-state index contributed by atoms with van der Waals surface area (Å²) in [6, 6.07) is 0. The van der Waals surface area contributed by atoms with Gasteiger partial charge in [0.25, 0.3) is 0 Å². The zero-order valence-corrected chi connectivity index (χ0v) is 11.4. The van der Waals surface area contributed by atoms with E-state index in [-0.39, 0.29) is 0 Å². The summed E-state index contributed by atoms with van der Waals surface area (Å²) >= 11 is 0. The number of terminal acetylenes is 1. The van der Waals surface area contributed by atoms with Crippen molar-refractivity contribution in [3.63, 3.8) is 0 Å². The molecule has 17 heavy (non-hydrogen) atoms. The average Bonchev–Trinajstić information content (AvgIpc) is 2.61. The Morgan fingerprint density at radius 3 is 2.71 bits per heavy atom. The van der Waals surface area contributed by atoms with Crippen LogP contribution in [0.25, 0.3) is 0 Å². The van der Waals surface area contributed by atoms with Crippen molar-refractivity contribution in [2.24, 2.45) is 16.7 Å². The van der Waals surface area contributed by atoms with Crippen LogP contribution in [-0.4, -0.2) is 25.8 Å². The molecule has 2 aliphatic rings. The minimum absolute atomic E-state index is 0.379. The summed E-state index contributed by atoms with van der Waals surface area (Å²) in [5.74, 6) is 3.43. The fraction of sp³-hybridized carbons (Fsp3) is 0.867. The second kappa shape index (κ2) is 4.63. The SMILES string of the molecule is C#CCNCCOC1CC2CCC1(C)C2(C)C. The summed E-state index contributed by atoms with van der Waals surface area (Å²) in [6.07, 6.45) is 9.60. The molecule has 96 valence electrons. The molecule has 2 rings (SSSR count). The van der Waals surface area contributed by atoms with Crippen molar-refractivity contribution in [3.05, 3.63) is 0 Å². The lowest BCUT2D eigenvalue weighted by atomic mass is 9.70. The molecule has 0 aromatic heterocycles. The number of hydrogen-bond donors (Lipinski definition) is 1. The van der Waals surface area contributed by atoms with Crippen molar-refractivity contribution in [3.8, 4) is 12.3 Å². The van der Waals surface area contributed by atoms with Crippen molar-refractivity contribution in [2.75, 3.05) is 19.7 Å². The zero-order chi connectivity index (χ0) is 12.5. The Morgan fingerprint density at radius 1 is 1.41 bits per heavy atom. The lowest BCUT2D eigenvalue weighted by molar-refractivity contribution is -0.0447. The molecule has 2 heteroatoms. The van der Waals surface area contributed by atoms with E-state index >= 15 is 0 Å². The third-order valence-corrected chi connectivity index (χ3v) is 5.54. The van der Waals surface area contributed by atoms with E-state index in [1.54, 1.807) is 0 Å². The van der Waals surface area contributed by atoms with E-state index in [2.05, 4.69) is 32.0 Å². The van der Waals surface area contributed by atoms with E-state index in [4.69, 9.17) is 11.2 Å². The van der Waals surface area contributed by atoms with E-state index in [1.807, 2.05) is 0 Å². The molecule has 0 heterocycles. The highest BCUT2D eigenvalue weighted by Crippen LogP contribution is 2.66. The Balaban J connectivity index is 1.82. The summed E-state index contributed by atoms with van der Waals surface area (Å²) in [7, 11) is 0. The third-order valence-electron chi connectivity index (χ3n) is 5.54. The molecule has 0 aliphatic heterocycles. The molecule has 2 aliphatic carbocycles. The highest BCUT2D eigenvalue weighted by atomic mass is 16.5. The fourth-order valence-corrected chi connectivity index (χ4v) is 3.82. The maximum absolute atomic E-state index is 6.09. The average molecular weight is 235 g/mol. The number of hydrogen-bond acceptors (Lipinski definition) is 2. The van der Waals surface area contributed by atoms with Gasteiger partial charge in [-0.15, -0.1) is 6.42 Å². The Hall–Kier alpha value is -0.520. The molecule has 0 spiro atoms. The first-order chi connectivity index (χ1) is 8.02. The van der Waals surface area contributed by atoms with Gasteiger partial charge in [-0.3, -0.25) is 0 Å². The maximum Gasteiger partial charge on any atom is 0.0637 e. The van der Waals surface area contributed by atoms with Crippen LogP contribution in [0.5, 0.6) is 0 Å². The Bertz CT molecular complexity index is 317. The fourth-order valence-electron chi connectivity index (χ4n) is 3.82. The molecule has 0 amide bonds. The van der Waals surface area contributed by atoms with Crippen molar-refractivity contribution in [1.82, 2.24) is 5.32 Å². The van der Waals surface area contributed by atoms with E-state index in [9.17, 15) is 0 Å². The molecule has 2 fully saturated rings. The number of nitrogens with one attached hydrogen (secondary N) is 1. The molecule has 2 bridgehead atoms. The minimum atomic E-state index is 0.379. The van der Waals surface area contributed by atoms with Gasteiger partial charge in [0.05, 0.1) is 19.3 Å². The lowest BCUT2D eigenvalue weighted by Gasteiger charge is -2.38. The predicted octanol–water partition coefficient (Wildman–Crippen LogP) is 2.44. The van der Waals surface area contributed by atoms with Gasteiger partial charge in [-0.25, -0.2) is 0 Å². The summed E-state index contributed by atoms with van der Waals surface area (Å²) in [6.45, 7) is 9.54.